The number of benzene rings is 1. The van der Waals surface area contributed by atoms with E-state index >= 15 is 0 Å². The number of carbonyl (C=O) groups excluding carboxylic acids is 3. The third kappa shape index (κ3) is 5.43. The molecule has 2 N–H and O–H groups in total. The Kier molecular flexibility index (Phi) is 8.46. The second kappa shape index (κ2) is 12.0. The Bertz CT molecular complexity index is 1250. The lowest BCUT2D eigenvalue weighted by Crippen LogP contribution is -2.58. The van der Waals surface area contributed by atoms with Crippen LogP contribution in [0, 0.1) is 23.7 Å². The summed E-state index contributed by atoms with van der Waals surface area (Å²) in [5, 5.41) is 6.42. The fraction of sp³-hybridized carbons (Fsp3) is 0.686. The highest BCUT2D eigenvalue weighted by Gasteiger charge is 2.72. The summed E-state index contributed by atoms with van der Waals surface area (Å²) >= 11 is 0. The molecule has 4 aliphatic heterocycles. The van der Waals surface area contributed by atoms with E-state index in [2.05, 4.69) is 50.2 Å². The number of carbonyl (C=O) groups is 3. The van der Waals surface area contributed by atoms with Crippen molar-refractivity contribution in [3.63, 3.8) is 0 Å². The van der Waals surface area contributed by atoms with Crippen LogP contribution < -0.4 is 10.6 Å². The van der Waals surface area contributed by atoms with Gasteiger partial charge >= 0.3 is 0 Å². The summed E-state index contributed by atoms with van der Waals surface area (Å²) in [6.45, 7) is 13.2. The maximum Gasteiger partial charge on any atom is 0.246 e. The minimum absolute atomic E-state index is 0.0706. The first kappa shape index (κ1) is 30.3. The topological polar surface area (TPSA) is 91.0 Å². The molecule has 3 amide bonds. The predicted molar refractivity (Wildman–Crippen MR) is 167 cm³/mol. The van der Waals surface area contributed by atoms with Crippen LogP contribution in [0.2, 0.25) is 0 Å². The van der Waals surface area contributed by atoms with E-state index in [0.717, 1.165) is 32.2 Å². The Hall–Kier alpha value is -2.71. The van der Waals surface area contributed by atoms with Crippen molar-refractivity contribution in [2.45, 2.75) is 109 Å². The molecule has 3 saturated heterocycles. The number of fused-ring (bicyclic) bond motifs is 1. The fourth-order valence-electron chi connectivity index (χ4n) is 8.46. The number of rotatable bonds is 8. The molecule has 1 aromatic carbocycles. The number of ether oxygens (including phenoxy) is 1. The average Bonchev–Trinajstić information content (AvgIpc) is 3.62. The van der Waals surface area contributed by atoms with Crippen molar-refractivity contribution >= 4 is 23.4 Å². The van der Waals surface area contributed by atoms with Crippen molar-refractivity contribution in [2.24, 2.45) is 23.7 Å². The summed E-state index contributed by atoms with van der Waals surface area (Å²) in [4.78, 5) is 46.7. The van der Waals surface area contributed by atoms with Crippen LogP contribution in [0.4, 0.5) is 5.69 Å². The molecule has 0 aromatic heterocycles. The first-order chi connectivity index (χ1) is 20.6. The Morgan fingerprint density at radius 3 is 2.49 bits per heavy atom. The minimum atomic E-state index is -1.13. The first-order valence-corrected chi connectivity index (χ1v) is 16.7. The van der Waals surface area contributed by atoms with E-state index < -0.39 is 29.6 Å². The van der Waals surface area contributed by atoms with E-state index in [1.807, 2.05) is 36.4 Å². The molecule has 0 unspecified atom stereocenters. The third-order valence-electron chi connectivity index (χ3n) is 11.4. The van der Waals surface area contributed by atoms with Crippen molar-refractivity contribution in [1.29, 1.82) is 0 Å². The Balaban J connectivity index is 1.26. The van der Waals surface area contributed by atoms with Gasteiger partial charge in [-0.15, -0.1) is 0 Å². The SMILES string of the molecule is CC(C)c1ccc(NC(=O)[C@H]2[C@H]3C=C[C@@]4(O3)[C@H]2C(=O)N(CCN2CCCC[C@@H]2C)[C@@H]4C(=O)N[C@@H]2CCC[C@H](C)[C@@H]2C)cc1. The summed E-state index contributed by atoms with van der Waals surface area (Å²) in [6, 6.07) is 7.61. The van der Waals surface area contributed by atoms with Gasteiger partial charge in [-0.1, -0.05) is 71.2 Å². The number of likely N-dealkylation sites (tertiary alicyclic amines) is 2. The molecule has 1 aromatic rings. The van der Waals surface area contributed by atoms with E-state index in [-0.39, 0.29) is 23.8 Å². The second-order valence-corrected chi connectivity index (χ2v) is 14.3. The maximum atomic E-state index is 14.4. The summed E-state index contributed by atoms with van der Waals surface area (Å²) in [7, 11) is 0. The second-order valence-electron chi connectivity index (χ2n) is 14.3. The van der Waals surface area contributed by atoms with Gasteiger partial charge in [0.2, 0.25) is 17.7 Å². The van der Waals surface area contributed by atoms with Gasteiger partial charge < -0.3 is 20.3 Å². The highest BCUT2D eigenvalue weighted by Crippen LogP contribution is 2.55. The van der Waals surface area contributed by atoms with E-state index in [1.54, 1.807) is 4.90 Å². The van der Waals surface area contributed by atoms with Crippen LogP contribution in [-0.4, -0.2) is 77.0 Å². The zero-order chi connectivity index (χ0) is 30.5. The van der Waals surface area contributed by atoms with Crippen LogP contribution in [0.5, 0.6) is 0 Å². The quantitative estimate of drug-likeness (QED) is 0.428. The zero-order valence-electron chi connectivity index (χ0n) is 26.6. The fourth-order valence-corrected chi connectivity index (χ4v) is 8.46. The highest BCUT2D eigenvalue weighted by atomic mass is 16.5. The molecule has 4 fully saturated rings. The van der Waals surface area contributed by atoms with Crippen LogP contribution in [-0.2, 0) is 19.1 Å². The molecule has 1 aliphatic carbocycles. The molecule has 1 spiro atoms. The van der Waals surface area contributed by atoms with Gasteiger partial charge in [0.15, 0.2) is 0 Å². The van der Waals surface area contributed by atoms with Crippen molar-refractivity contribution in [2.75, 3.05) is 25.0 Å². The molecular formula is C35H50N4O4. The monoisotopic (exact) mass is 590 g/mol. The van der Waals surface area contributed by atoms with Gasteiger partial charge in [0.1, 0.15) is 11.6 Å². The van der Waals surface area contributed by atoms with Gasteiger partial charge in [0.05, 0.1) is 17.9 Å². The van der Waals surface area contributed by atoms with Crippen LogP contribution in [0.3, 0.4) is 0 Å². The van der Waals surface area contributed by atoms with E-state index in [4.69, 9.17) is 4.74 Å². The van der Waals surface area contributed by atoms with Crippen molar-refractivity contribution in [3.8, 4) is 0 Å². The third-order valence-corrected chi connectivity index (χ3v) is 11.4. The molecule has 0 radical (unpaired) electrons. The van der Waals surface area contributed by atoms with Crippen molar-refractivity contribution < 1.29 is 19.1 Å². The van der Waals surface area contributed by atoms with Crippen LogP contribution >= 0.6 is 0 Å². The number of hydrogen-bond acceptors (Lipinski definition) is 5. The summed E-state index contributed by atoms with van der Waals surface area (Å²) in [5.41, 5.74) is 0.765. The zero-order valence-corrected chi connectivity index (χ0v) is 26.6. The molecular weight excluding hydrogens is 540 g/mol. The van der Waals surface area contributed by atoms with Crippen molar-refractivity contribution in [1.82, 2.24) is 15.1 Å². The Morgan fingerprint density at radius 1 is 1.00 bits per heavy atom. The van der Waals surface area contributed by atoms with Crippen LogP contribution in [0.1, 0.15) is 84.6 Å². The molecule has 43 heavy (non-hydrogen) atoms. The molecule has 8 nitrogen and oxygen atoms in total. The van der Waals surface area contributed by atoms with Gasteiger partial charge in [-0.2, -0.15) is 0 Å². The number of anilines is 1. The van der Waals surface area contributed by atoms with Gasteiger partial charge in [-0.3, -0.25) is 19.3 Å². The summed E-state index contributed by atoms with van der Waals surface area (Å²) in [6.07, 6.45) is 10.0. The van der Waals surface area contributed by atoms with Crippen LogP contribution in [0.25, 0.3) is 0 Å². The highest BCUT2D eigenvalue weighted by molar-refractivity contribution is 6.02. The van der Waals surface area contributed by atoms with E-state index in [1.165, 1.54) is 18.4 Å². The number of nitrogens with zero attached hydrogens (tertiary/aromatic N) is 2. The molecule has 234 valence electrons. The smallest absolute Gasteiger partial charge is 0.246 e. The van der Waals surface area contributed by atoms with Gasteiger partial charge in [-0.25, -0.2) is 0 Å². The lowest BCUT2D eigenvalue weighted by molar-refractivity contribution is -0.142. The number of nitrogens with one attached hydrogen (secondary N) is 2. The van der Waals surface area contributed by atoms with Crippen molar-refractivity contribution in [3.05, 3.63) is 42.0 Å². The first-order valence-electron chi connectivity index (χ1n) is 16.7. The van der Waals surface area contributed by atoms with Gasteiger partial charge in [-0.05, 0) is 68.2 Å². The molecule has 8 heteroatoms. The number of piperidine rings is 1. The largest absolute Gasteiger partial charge is 0.359 e. The molecule has 9 atom stereocenters. The lowest BCUT2D eigenvalue weighted by Gasteiger charge is -2.39. The van der Waals surface area contributed by atoms with Gasteiger partial charge in [0.25, 0.3) is 0 Å². The summed E-state index contributed by atoms with van der Waals surface area (Å²) in [5.74, 6) is -0.643. The molecule has 4 heterocycles. The maximum absolute atomic E-state index is 14.4. The average molecular weight is 591 g/mol. The van der Waals surface area contributed by atoms with Gasteiger partial charge in [0, 0.05) is 30.9 Å². The number of amides is 3. The molecule has 6 rings (SSSR count). The summed E-state index contributed by atoms with van der Waals surface area (Å²) < 4.78 is 6.58. The van der Waals surface area contributed by atoms with E-state index in [9.17, 15) is 14.4 Å². The molecule has 1 saturated carbocycles. The lowest BCUT2D eigenvalue weighted by atomic mass is 9.73. The van der Waals surface area contributed by atoms with Crippen LogP contribution in [0.15, 0.2) is 36.4 Å². The predicted octanol–water partition coefficient (Wildman–Crippen LogP) is 4.71. The molecule has 5 aliphatic rings. The van der Waals surface area contributed by atoms with E-state index in [0.29, 0.717) is 42.6 Å². The molecule has 2 bridgehead atoms. The number of hydrogen-bond donors (Lipinski definition) is 2. The minimum Gasteiger partial charge on any atom is -0.359 e. The Labute approximate surface area is 257 Å². The Morgan fingerprint density at radius 2 is 1.77 bits per heavy atom. The standard InChI is InChI=1S/C35H50N4O4/c1-21(2)25-12-14-26(15-13-25)36-32(40)29-28-16-17-35(43-28)30(29)34(42)39(20-19-38-18-7-6-10-23(38)4)31(35)33(41)37-27-11-8-9-22(3)24(27)5/h12-17,21-24,27-31H,6-11,18-20H2,1-5H3,(H,36,40)(H,37,41)/t22-,23-,24-,27+,28+,29-,30+,31+,35+/m0/s1. The normalized spacial score (nSPS) is 37.2.